The number of hydrogen-bond acceptors (Lipinski definition) is 2. The first-order valence-corrected chi connectivity index (χ1v) is 7.90. The lowest BCUT2D eigenvalue weighted by Gasteiger charge is -2.57. The van der Waals surface area contributed by atoms with E-state index in [4.69, 9.17) is 0 Å². The van der Waals surface area contributed by atoms with Crippen molar-refractivity contribution in [3.05, 3.63) is 0 Å². The van der Waals surface area contributed by atoms with E-state index < -0.39 is 0 Å². The van der Waals surface area contributed by atoms with Crippen molar-refractivity contribution in [1.82, 2.24) is 9.80 Å². The van der Waals surface area contributed by atoms with E-state index >= 15 is 0 Å². The molecule has 4 rings (SSSR count). The van der Waals surface area contributed by atoms with Crippen LogP contribution < -0.4 is 0 Å². The fraction of sp³-hybridized carbons (Fsp3) is 1.00. The van der Waals surface area contributed by atoms with Crippen LogP contribution in [0.1, 0.15) is 44.9 Å². The molecule has 0 aromatic rings. The van der Waals surface area contributed by atoms with Gasteiger partial charge < -0.3 is 0 Å². The predicted molar refractivity (Wildman–Crippen MR) is 101 cm³/mol. The summed E-state index contributed by atoms with van der Waals surface area (Å²) in [5.74, 6) is 2.03. The van der Waals surface area contributed by atoms with Gasteiger partial charge in [-0.15, -0.1) is 48.0 Å². The zero-order valence-electron chi connectivity index (χ0n) is 11.8. The highest BCUT2D eigenvalue weighted by molar-refractivity contribution is 14.0. The van der Waals surface area contributed by atoms with Gasteiger partial charge in [-0.2, -0.15) is 0 Å². The summed E-state index contributed by atoms with van der Waals surface area (Å²) in [7, 11) is 0. The lowest BCUT2D eigenvalue weighted by Crippen LogP contribution is -2.63. The quantitative estimate of drug-likeness (QED) is 0.480. The largest absolute Gasteiger partial charge is 0.300 e. The first kappa shape index (κ1) is 16.7. The minimum Gasteiger partial charge on any atom is -0.300 e. The van der Waals surface area contributed by atoms with Crippen LogP contribution in [-0.4, -0.2) is 48.1 Å². The van der Waals surface area contributed by atoms with Crippen molar-refractivity contribution in [1.29, 1.82) is 0 Å². The summed E-state index contributed by atoms with van der Waals surface area (Å²) in [4.78, 5) is 5.74. The Kier molecular flexibility index (Phi) is 6.25. The van der Waals surface area contributed by atoms with Crippen LogP contribution in [0.5, 0.6) is 0 Å². The van der Waals surface area contributed by atoms with Gasteiger partial charge in [0, 0.05) is 25.2 Å². The molecule has 0 aromatic carbocycles. The van der Waals surface area contributed by atoms with E-state index in [0.717, 1.165) is 23.9 Å². The molecule has 0 aromatic heterocycles. The maximum Gasteiger partial charge on any atom is 0.0136 e. The summed E-state index contributed by atoms with van der Waals surface area (Å²) in [6.07, 6.45) is 10.5. The fourth-order valence-electron chi connectivity index (χ4n) is 5.25. The molecule has 4 heterocycles. The monoisotopic (exact) mass is 490 g/mol. The third-order valence-electron chi connectivity index (χ3n) is 5.96. The Bertz CT molecular complexity index is 272. The van der Waals surface area contributed by atoms with Gasteiger partial charge in [-0.1, -0.05) is 12.8 Å². The first-order chi connectivity index (χ1) is 8.42. The van der Waals surface area contributed by atoms with E-state index in [0.29, 0.717) is 0 Å². The van der Waals surface area contributed by atoms with E-state index in [9.17, 15) is 0 Å². The van der Waals surface area contributed by atoms with Crippen LogP contribution in [0.2, 0.25) is 0 Å². The summed E-state index contributed by atoms with van der Waals surface area (Å²) >= 11 is 0. The minimum absolute atomic E-state index is 0. The molecule has 0 saturated carbocycles. The molecule has 0 unspecified atom stereocenters. The van der Waals surface area contributed by atoms with Crippen molar-refractivity contribution in [2.45, 2.75) is 57.0 Å². The number of halogens is 2. The van der Waals surface area contributed by atoms with Crippen molar-refractivity contribution >= 4 is 48.0 Å². The van der Waals surface area contributed by atoms with Crippen LogP contribution in [0, 0.1) is 11.8 Å². The normalized spacial score (nSPS) is 42.3. The Morgan fingerprint density at radius 3 is 1.58 bits per heavy atom. The molecular weight excluding hydrogens is 462 g/mol. The van der Waals surface area contributed by atoms with Crippen LogP contribution in [0.15, 0.2) is 0 Å². The van der Waals surface area contributed by atoms with Gasteiger partial charge in [0.2, 0.25) is 0 Å². The number of rotatable bonds is 0. The summed E-state index contributed by atoms with van der Waals surface area (Å²) in [6, 6.07) is 1.92. The zero-order chi connectivity index (χ0) is 11.2. The molecule has 2 bridgehead atoms. The molecule has 0 aliphatic carbocycles. The van der Waals surface area contributed by atoms with Crippen LogP contribution in [0.3, 0.4) is 0 Å². The third-order valence-corrected chi connectivity index (χ3v) is 5.96. The van der Waals surface area contributed by atoms with Gasteiger partial charge in [0.05, 0.1) is 0 Å². The molecule has 4 saturated heterocycles. The van der Waals surface area contributed by atoms with Crippen LogP contribution in [0.25, 0.3) is 0 Å². The number of hydrogen-bond donors (Lipinski definition) is 0. The lowest BCUT2D eigenvalue weighted by molar-refractivity contribution is -0.0718. The second kappa shape index (κ2) is 7.09. The Labute approximate surface area is 152 Å². The first-order valence-electron chi connectivity index (χ1n) is 7.90. The Hall–Kier alpha value is 1.38. The molecule has 0 amide bonds. The average molecular weight is 490 g/mol. The van der Waals surface area contributed by atoms with E-state index in [1.165, 1.54) is 64.7 Å². The van der Waals surface area contributed by atoms with Crippen molar-refractivity contribution < 1.29 is 0 Å². The van der Waals surface area contributed by atoms with Gasteiger partial charge in [-0.25, -0.2) is 0 Å². The topological polar surface area (TPSA) is 6.48 Å². The standard InChI is InChI=1S/C15H26N2.2HI/c1-3-7-16-11-13-9-12(14(16)5-1)10-17-8-4-2-6-15(13)17;;/h12-15H,1-11H2;2*1H/t12-,13+,14-,15-;;/m1../s1. The van der Waals surface area contributed by atoms with Crippen molar-refractivity contribution in [2.75, 3.05) is 26.2 Å². The molecule has 4 fully saturated rings. The SMILES string of the molecule is C1CCN2C[C@@H]3C[C@H](CN4CCCC[C@H]34)[C@H]2C1.I.I. The summed E-state index contributed by atoms with van der Waals surface area (Å²) < 4.78 is 0. The Balaban J connectivity index is 0.000000667. The Morgan fingerprint density at radius 2 is 1.11 bits per heavy atom. The van der Waals surface area contributed by atoms with Crippen LogP contribution in [-0.2, 0) is 0 Å². The molecule has 0 radical (unpaired) electrons. The van der Waals surface area contributed by atoms with Gasteiger partial charge in [0.15, 0.2) is 0 Å². The highest BCUT2D eigenvalue weighted by Crippen LogP contribution is 2.42. The molecule has 0 spiro atoms. The van der Waals surface area contributed by atoms with Gasteiger partial charge >= 0.3 is 0 Å². The highest BCUT2D eigenvalue weighted by Gasteiger charge is 2.46. The molecule has 0 N–H and O–H groups in total. The minimum atomic E-state index is 0. The van der Waals surface area contributed by atoms with E-state index in [1.54, 1.807) is 6.42 Å². The second-order valence-electron chi connectivity index (χ2n) is 6.87. The fourth-order valence-corrected chi connectivity index (χ4v) is 5.25. The van der Waals surface area contributed by atoms with Gasteiger partial charge in [-0.3, -0.25) is 9.80 Å². The number of piperidine rings is 4. The summed E-state index contributed by atoms with van der Waals surface area (Å²) in [5.41, 5.74) is 0. The van der Waals surface area contributed by atoms with E-state index in [2.05, 4.69) is 9.80 Å². The third kappa shape index (κ3) is 3.11. The second-order valence-corrected chi connectivity index (χ2v) is 6.87. The highest BCUT2D eigenvalue weighted by atomic mass is 127. The van der Waals surface area contributed by atoms with Gasteiger partial charge in [-0.05, 0) is 57.0 Å². The smallest absolute Gasteiger partial charge is 0.0136 e. The van der Waals surface area contributed by atoms with Crippen molar-refractivity contribution in [3.8, 4) is 0 Å². The summed E-state index contributed by atoms with van der Waals surface area (Å²) in [6.45, 7) is 5.68. The Morgan fingerprint density at radius 1 is 0.632 bits per heavy atom. The zero-order valence-corrected chi connectivity index (χ0v) is 16.5. The van der Waals surface area contributed by atoms with E-state index in [1.807, 2.05) is 0 Å². The summed E-state index contributed by atoms with van der Waals surface area (Å²) in [5, 5.41) is 0. The van der Waals surface area contributed by atoms with Gasteiger partial charge in [0.25, 0.3) is 0 Å². The van der Waals surface area contributed by atoms with Crippen LogP contribution >= 0.6 is 48.0 Å². The molecular formula is C15H28I2N2. The molecule has 4 aliphatic rings. The van der Waals surface area contributed by atoms with Crippen molar-refractivity contribution in [3.63, 3.8) is 0 Å². The molecule has 4 heteroatoms. The maximum absolute atomic E-state index is 2.87. The number of nitrogens with zero attached hydrogens (tertiary/aromatic N) is 2. The van der Waals surface area contributed by atoms with Gasteiger partial charge in [0.1, 0.15) is 0 Å². The predicted octanol–water partition coefficient (Wildman–Crippen LogP) is 3.58. The number of fused-ring (bicyclic) bond motifs is 6. The molecule has 4 atom stereocenters. The van der Waals surface area contributed by atoms with Crippen LogP contribution in [0.4, 0.5) is 0 Å². The molecule has 112 valence electrons. The van der Waals surface area contributed by atoms with E-state index in [-0.39, 0.29) is 48.0 Å². The molecule has 4 aliphatic heterocycles. The lowest BCUT2D eigenvalue weighted by atomic mass is 9.71. The molecule has 19 heavy (non-hydrogen) atoms. The molecule has 2 nitrogen and oxygen atoms in total. The maximum atomic E-state index is 2.87. The van der Waals surface area contributed by atoms with Crippen molar-refractivity contribution in [2.24, 2.45) is 11.8 Å². The average Bonchev–Trinajstić information content (AvgIpc) is 2.39.